The monoisotopic (exact) mass is 283 g/mol. The van der Waals surface area contributed by atoms with E-state index in [4.69, 9.17) is 0 Å². The predicted octanol–water partition coefficient (Wildman–Crippen LogP) is 5.08. The molecule has 1 aromatic carbocycles. The van der Waals surface area contributed by atoms with Gasteiger partial charge in [0.15, 0.2) is 0 Å². The highest BCUT2D eigenvalue weighted by Gasteiger charge is 2.20. The van der Waals surface area contributed by atoms with E-state index < -0.39 is 11.6 Å². The topological polar surface area (TPSA) is 12.0 Å². The van der Waals surface area contributed by atoms with Crippen molar-refractivity contribution in [3.63, 3.8) is 0 Å². The third-order valence-corrected chi connectivity index (χ3v) is 3.34. The molecule has 1 aromatic rings. The SMILES string of the molecule is CCNC(CC(C)CC(C)(C)C)c1cc(F)cc(F)c1. The minimum atomic E-state index is -0.508. The number of hydrogen-bond donors (Lipinski definition) is 1. The Bertz CT molecular complexity index is 403. The maximum absolute atomic E-state index is 13.4. The van der Waals surface area contributed by atoms with E-state index in [1.54, 1.807) is 0 Å². The van der Waals surface area contributed by atoms with E-state index in [0.717, 1.165) is 25.5 Å². The second kappa shape index (κ2) is 7.16. The van der Waals surface area contributed by atoms with E-state index in [9.17, 15) is 8.78 Å². The quantitative estimate of drug-likeness (QED) is 0.768. The Balaban J connectivity index is 2.83. The standard InChI is InChI=1S/C17H27F2N/c1-6-20-16(7-12(2)11-17(3,4)5)13-8-14(18)10-15(19)9-13/h8-10,12,16,20H,6-7,11H2,1-5H3. The molecule has 0 amide bonds. The molecule has 0 aromatic heterocycles. The van der Waals surface area contributed by atoms with Gasteiger partial charge in [-0.1, -0.05) is 34.6 Å². The first-order valence-electron chi connectivity index (χ1n) is 7.40. The van der Waals surface area contributed by atoms with Gasteiger partial charge in [0.2, 0.25) is 0 Å². The summed E-state index contributed by atoms with van der Waals surface area (Å²) in [6.45, 7) is 11.6. The van der Waals surface area contributed by atoms with Crippen molar-refractivity contribution in [3.05, 3.63) is 35.4 Å². The molecule has 1 rings (SSSR count). The lowest BCUT2D eigenvalue weighted by Crippen LogP contribution is -2.24. The summed E-state index contributed by atoms with van der Waals surface area (Å²) >= 11 is 0. The zero-order valence-electron chi connectivity index (χ0n) is 13.3. The molecular formula is C17H27F2N. The molecule has 0 aliphatic heterocycles. The van der Waals surface area contributed by atoms with Crippen LogP contribution in [0.1, 0.15) is 59.1 Å². The van der Waals surface area contributed by atoms with Crippen LogP contribution in [0.15, 0.2) is 18.2 Å². The van der Waals surface area contributed by atoms with Crippen LogP contribution >= 0.6 is 0 Å². The Labute approximate surface area is 121 Å². The first-order valence-corrected chi connectivity index (χ1v) is 7.40. The summed E-state index contributed by atoms with van der Waals surface area (Å²) in [4.78, 5) is 0. The van der Waals surface area contributed by atoms with Crippen molar-refractivity contribution in [2.45, 2.75) is 53.5 Å². The van der Waals surface area contributed by atoms with Crippen LogP contribution in [0.2, 0.25) is 0 Å². The van der Waals surface area contributed by atoms with Crippen molar-refractivity contribution < 1.29 is 8.78 Å². The number of nitrogens with one attached hydrogen (secondary N) is 1. The number of hydrogen-bond acceptors (Lipinski definition) is 1. The summed E-state index contributed by atoms with van der Waals surface area (Å²) in [5.41, 5.74) is 0.966. The molecule has 0 aliphatic carbocycles. The van der Waals surface area contributed by atoms with E-state index in [-0.39, 0.29) is 11.5 Å². The molecule has 0 aliphatic rings. The molecule has 0 radical (unpaired) electrons. The second-order valence-corrected chi connectivity index (χ2v) is 6.92. The van der Waals surface area contributed by atoms with Crippen LogP contribution in [0.5, 0.6) is 0 Å². The number of rotatable bonds is 6. The van der Waals surface area contributed by atoms with Crippen LogP contribution in [-0.2, 0) is 0 Å². The molecule has 0 heterocycles. The molecular weight excluding hydrogens is 256 g/mol. The third kappa shape index (κ3) is 6.00. The van der Waals surface area contributed by atoms with E-state index in [0.29, 0.717) is 11.5 Å². The normalized spacial score (nSPS) is 15.2. The van der Waals surface area contributed by atoms with E-state index in [1.807, 2.05) is 6.92 Å². The van der Waals surface area contributed by atoms with Crippen molar-refractivity contribution in [2.24, 2.45) is 11.3 Å². The lowest BCUT2D eigenvalue weighted by molar-refractivity contribution is 0.276. The highest BCUT2D eigenvalue weighted by Crippen LogP contribution is 2.31. The fraction of sp³-hybridized carbons (Fsp3) is 0.647. The first kappa shape index (κ1) is 17.1. The average Bonchev–Trinajstić information content (AvgIpc) is 2.24. The van der Waals surface area contributed by atoms with Gasteiger partial charge in [-0.3, -0.25) is 0 Å². The van der Waals surface area contributed by atoms with Gasteiger partial charge in [0, 0.05) is 12.1 Å². The predicted molar refractivity (Wildman–Crippen MR) is 80.6 cm³/mol. The molecule has 0 fully saturated rings. The van der Waals surface area contributed by atoms with Gasteiger partial charge in [0.1, 0.15) is 11.6 Å². The van der Waals surface area contributed by atoms with E-state index in [1.165, 1.54) is 12.1 Å². The van der Waals surface area contributed by atoms with Crippen LogP contribution in [0.25, 0.3) is 0 Å². The van der Waals surface area contributed by atoms with Gasteiger partial charge in [-0.05, 0) is 48.4 Å². The van der Waals surface area contributed by atoms with Gasteiger partial charge >= 0.3 is 0 Å². The summed E-state index contributed by atoms with van der Waals surface area (Å²) < 4.78 is 26.7. The molecule has 2 atom stereocenters. The molecule has 3 heteroatoms. The zero-order chi connectivity index (χ0) is 15.3. The first-order chi connectivity index (χ1) is 9.21. The van der Waals surface area contributed by atoms with Gasteiger partial charge in [-0.15, -0.1) is 0 Å². The third-order valence-electron chi connectivity index (χ3n) is 3.34. The molecule has 20 heavy (non-hydrogen) atoms. The fourth-order valence-electron chi connectivity index (χ4n) is 2.89. The number of halogens is 2. The largest absolute Gasteiger partial charge is 0.310 e. The molecule has 114 valence electrons. The summed E-state index contributed by atoms with van der Waals surface area (Å²) in [6, 6.07) is 3.79. The fourth-order valence-corrected chi connectivity index (χ4v) is 2.89. The Morgan fingerprint density at radius 1 is 1.10 bits per heavy atom. The molecule has 0 bridgehead atoms. The van der Waals surface area contributed by atoms with Gasteiger partial charge in [0.05, 0.1) is 0 Å². The Morgan fingerprint density at radius 2 is 1.65 bits per heavy atom. The van der Waals surface area contributed by atoms with E-state index in [2.05, 4.69) is 33.0 Å². The molecule has 1 nitrogen and oxygen atoms in total. The lowest BCUT2D eigenvalue weighted by atomic mass is 9.82. The zero-order valence-corrected chi connectivity index (χ0v) is 13.3. The summed E-state index contributed by atoms with van der Waals surface area (Å²) in [5, 5.41) is 3.34. The van der Waals surface area contributed by atoms with Crippen LogP contribution in [0, 0.1) is 23.0 Å². The van der Waals surface area contributed by atoms with Crippen molar-refractivity contribution >= 4 is 0 Å². The minimum absolute atomic E-state index is 0.00236. The van der Waals surface area contributed by atoms with Gasteiger partial charge in [0.25, 0.3) is 0 Å². The summed E-state index contributed by atoms with van der Waals surface area (Å²) in [6.07, 6.45) is 1.97. The molecule has 0 saturated heterocycles. The second-order valence-electron chi connectivity index (χ2n) is 6.92. The molecule has 2 unspecified atom stereocenters. The average molecular weight is 283 g/mol. The summed E-state index contributed by atoms with van der Waals surface area (Å²) in [7, 11) is 0. The van der Waals surface area contributed by atoms with Crippen LogP contribution < -0.4 is 5.32 Å². The lowest BCUT2D eigenvalue weighted by Gasteiger charge is -2.27. The Hall–Kier alpha value is -0.960. The van der Waals surface area contributed by atoms with E-state index >= 15 is 0 Å². The van der Waals surface area contributed by atoms with Gasteiger partial charge in [-0.25, -0.2) is 8.78 Å². The van der Waals surface area contributed by atoms with Crippen LogP contribution in [0.3, 0.4) is 0 Å². The number of benzene rings is 1. The minimum Gasteiger partial charge on any atom is -0.310 e. The molecule has 0 spiro atoms. The van der Waals surface area contributed by atoms with Crippen molar-refractivity contribution in [1.82, 2.24) is 5.32 Å². The smallest absolute Gasteiger partial charge is 0.126 e. The Morgan fingerprint density at radius 3 is 2.10 bits per heavy atom. The highest BCUT2D eigenvalue weighted by molar-refractivity contribution is 5.21. The van der Waals surface area contributed by atoms with Crippen LogP contribution in [-0.4, -0.2) is 6.54 Å². The van der Waals surface area contributed by atoms with Crippen molar-refractivity contribution in [1.29, 1.82) is 0 Å². The maximum atomic E-state index is 13.4. The molecule has 0 saturated carbocycles. The van der Waals surface area contributed by atoms with Crippen molar-refractivity contribution in [3.8, 4) is 0 Å². The summed E-state index contributed by atoms with van der Waals surface area (Å²) in [5.74, 6) is -0.525. The Kier molecular flexibility index (Phi) is 6.12. The maximum Gasteiger partial charge on any atom is 0.126 e. The van der Waals surface area contributed by atoms with Crippen LogP contribution in [0.4, 0.5) is 8.78 Å². The molecule has 1 N–H and O–H groups in total. The van der Waals surface area contributed by atoms with Gasteiger partial charge < -0.3 is 5.32 Å². The highest BCUT2D eigenvalue weighted by atomic mass is 19.1. The van der Waals surface area contributed by atoms with Gasteiger partial charge in [-0.2, -0.15) is 0 Å². The van der Waals surface area contributed by atoms with Crippen molar-refractivity contribution in [2.75, 3.05) is 6.54 Å².